The van der Waals surface area contributed by atoms with Crippen LogP contribution in [-0.4, -0.2) is 34.6 Å². The quantitative estimate of drug-likeness (QED) is 0.657. The van der Waals surface area contributed by atoms with Crippen LogP contribution in [0.25, 0.3) is 10.9 Å². The third-order valence-corrected chi connectivity index (χ3v) is 6.39. The summed E-state index contributed by atoms with van der Waals surface area (Å²) in [6, 6.07) is 8.69. The molecular weight excluding hydrogens is 348 g/mol. The maximum Gasteiger partial charge on any atom is 0.250 e. The molecule has 2 aromatic rings. The standard InChI is InChI=1S/C24H32N2O2/c1-16(2)28-15-9-14-26-23(18-10-5-6-11-19(18)24(26)27)22-17(3)25(4)21-13-8-7-12-20(21)22/h7-8,12-13,16,23H,5-6,9-11,14-15H2,1-4H3/t23-/m0/s1. The van der Waals surface area contributed by atoms with E-state index in [9.17, 15) is 4.79 Å². The molecule has 1 atom stereocenters. The number of aromatic nitrogens is 1. The van der Waals surface area contributed by atoms with Gasteiger partial charge in [-0.1, -0.05) is 18.2 Å². The van der Waals surface area contributed by atoms with Gasteiger partial charge in [-0.15, -0.1) is 0 Å². The molecule has 0 fully saturated rings. The van der Waals surface area contributed by atoms with Gasteiger partial charge in [0.1, 0.15) is 0 Å². The Balaban J connectivity index is 1.74. The van der Waals surface area contributed by atoms with Gasteiger partial charge in [0.15, 0.2) is 0 Å². The SMILES string of the molecule is Cc1c([C@@H]2C3=C(CCCC3)C(=O)N2CCCOC(C)C)c2ccccc2n1C. The summed E-state index contributed by atoms with van der Waals surface area (Å²) in [5.41, 5.74) is 6.30. The lowest BCUT2D eigenvalue weighted by atomic mass is 9.87. The van der Waals surface area contributed by atoms with Crippen LogP contribution in [0, 0.1) is 6.92 Å². The minimum absolute atomic E-state index is 0.0907. The normalized spacial score (nSPS) is 20.0. The molecular formula is C24H32N2O2. The summed E-state index contributed by atoms with van der Waals surface area (Å²) in [5, 5.41) is 1.28. The van der Waals surface area contributed by atoms with Crippen molar-refractivity contribution in [3.05, 3.63) is 46.7 Å². The van der Waals surface area contributed by atoms with Gasteiger partial charge in [-0.3, -0.25) is 4.79 Å². The first-order chi connectivity index (χ1) is 13.5. The van der Waals surface area contributed by atoms with E-state index in [4.69, 9.17) is 4.74 Å². The predicted molar refractivity (Wildman–Crippen MR) is 113 cm³/mol. The number of hydrogen-bond acceptors (Lipinski definition) is 2. The van der Waals surface area contributed by atoms with E-state index in [1.807, 2.05) is 0 Å². The number of benzene rings is 1. The topological polar surface area (TPSA) is 34.5 Å². The number of para-hydroxylation sites is 1. The Bertz CT molecular complexity index is 922. The molecule has 0 saturated carbocycles. The number of rotatable bonds is 6. The summed E-state index contributed by atoms with van der Waals surface area (Å²) in [5.74, 6) is 0.261. The molecule has 0 unspecified atom stereocenters. The van der Waals surface area contributed by atoms with Gasteiger partial charge >= 0.3 is 0 Å². The van der Waals surface area contributed by atoms with E-state index in [0.717, 1.165) is 37.8 Å². The van der Waals surface area contributed by atoms with E-state index in [2.05, 4.69) is 61.6 Å². The number of carbonyl (C=O) groups excluding carboxylic acids is 1. The van der Waals surface area contributed by atoms with Crippen LogP contribution in [0.5, 0.6) is 0 Å². The highest BCUT2D eigenvalue weighted by Gasteiger charge is 2.41. The highest BCUT2D eigenvalue weighted by Crippen LogP contribution is 2.47. The van der Waals surface area contributed by atoms with Crippen molar-refractivity contribution in [2.45, 2.75) is 65.0 Å². The summed E-state index contributed by atoms with van der Waals surface area (Å²) in [6.07, 6.45) is 5.43. The van der Waals surface area contributed by atoms with Gasteiger partial charge in [0, 0.05) is 47.9 Å². The summed E-state index contributed by atoms with van der Waals surface area (Å²) >= 11 is 0. The summed E-state index contributed by atoms with van der Waals surface area (Å²) in [4.78, 5) is 15.5. The van der Waals surface area contributed by atoms with Gasteiger partial charge in [-0.25, -0.2) is 0 Å². The van der Waals surface area contributed by atoms with Crippen LogP contribution in [0.15, 0.2) is 35.4 Å². The number of hydrogen-bond donors (Lipinski definition) is 0. The van der Waals surface area contributed by atoms with Crippen LogP contribution in [0.2, 0.25) is 0 Å². The smallest absolute Gasteiger partial charge is 0.250 e. The lowest BCUT2D eigenvalue weighted by molar-refractivity contribution is -0.127. The van der Waals surface area contributed by atoms with E-state index in [0.29, 0.717) is 6.61 Å². The molecule has 2 heterocycles. The maximum atomic E-state index is 13.3. The first-order valence-corrected chi connectivity index (χ1v) is 10.7. The highest BCUT2D eigenvalue weighted by molar-refractivity contribution is 5.99. The minimum Gasteiger partial charge on any atom is -0.379 e. The Morgan fingerprint density at radius 3 is 2.71 bits per heavy atom. The second-order valence-corrected chi connectivity index (χ2v) is 8.46. The number of amides is 1. The van der Waals surface area contributed by atoms with Gasteiger partial charge in [0.25, 0.3) is 5.91 Å². The summed E-state index contributed by atoms with van der Waals surface area (Å²) in [6.45, 7) is 7.77. The minimum atomic E-state index is 0.0907. The van der Waals surface area contributed by atoms with Crippen LogP contribution in [0.3, 0.4) is 0 Å². The van der Waals surface area contributed by atoms with Crippen LogP contribution in [0.4, 0.5) is 0 Å². The van der Waals surface area contributed by atoms with Crippen molar-refractivity contribution in [2.75, 3.05) is 13.2 Å². The fraction of sp³-hybridized carbons (Fsp3) is 0.542. The first kappa shape index (κ1) is 19.3. The average Bonchev–Trinajstić information content (AvgIpc) is 3.11. The largest absolute Gasteiger partial charge is 0.379 e. The molecule has 4 heteroatoms. The van der Waals surface area contributed by atoms with Crippen LogP contribution >= 0.6 is 0 Å². The number of fused-ring (bicyclic) bond motifs is 1. The molecule has 4 rings (SSSR count). The van der Waals surface area contributed by atoms with Crippen molar-refractivity contribution in [1.29, 1.82) is 0 Å². The van der Waals surface area contributed by atoms with Gasteiger partial charge < -0.3 is 14.2 Å². The van der Waals surface area contributed by atoms with Gasteiger partial charge in [-0.05, 0) is 64.5 Å². The molecule has 1 aromatic heterocycles. The zero-order chi connectivity index (χ0) is 19.8. The van der Waals surface area contributed by atoms with Crippen LogP contribution < -0.4 is 0 Å². The Kier molecular flexibility index (Phi) is 5.33. The van der Waals surface area contributed by atoms with E-state index < -0.39 is 0 Å². The van der Waals surface area contributed by atoms with E-state index in [-0.39, 0.29) is 18.1 Å². The fourth-order valence-corrected chi connectivity index (χ4v) is 4.96. The average molecular weight is 381 g/mol. The van der Waals surface area contributed by atoms with Gasteiger partial charge in [0.05, 0.1) is 12.1 Å². The van der Waals surface area contributed by atoms with Gasteiger partial charge in [-0.2, -0.15) is 0 Å². The Labute approximate surface area is 168 Å². The second kappa shape index (κ2) is 7.75. The third-order valence-electron chi connectivity index (χ3n) is 6.39. The lowest BCUT2D eigenvalue weighted by Gasteiger charge is -2.28. The molecule has 0 saturated heterocycles. The monoisotopic (exact) mass is 380 g/mol. The molecule has 0 N–H and O–H groups in total. The maximum absolute atomic E-state index is 13.3. The van der Waals surface area contributed by atoms with Crippen LogP contribution in [0.1, 0.15) is 63.3 Å². The van der Waals surface area contributed by atoms with Gasteiger partial charge in [0.2, 0.25) is 0 Å². The summed E-state index contributed by atoms with van der Waals surface area (Å²) < 4.78 is 8.01. The molecule has 0 spiro atoms. The molecule has 28 heavy (non-hydrogen) atoms. The van der Waals surface area contributed by atoms with E-state index in [1.165, 1.54) is 34.2 Å². The van der Waals surface area contributed by atoms with Crippen molar-refractivity contribution in [3.63, 3.8) is 0 Å². The molecule has 150 valence electrons. The number of ether oxygens (including phenoxy) is 1. The zero-order valence-corrected chi connectivity index (χ0v) is 17.6. The molecule has 0 bridgehead atoms. The Morgan fingerprint density at radius 1 is 1.18 bits per heavy atom. The highest BCUT2D eigenvalue weighted by atomic mass is 16.5. The second-order valence-electron chi connectivity index (χ2n) is 8.46. The third kappa shape index (κ3) is 3.18. The van der Waals surface area contributed by atoms with E-state index >= 15 is 0 Å². The fourth-order valence-electron chi connectivity index (χ4n) is 4.96. The number of nitrogens with zero attached hydrogens (tertiary/aromatic N) is 2. The molecule has 1 aromatic carbocycles. The van der Waals surface area contributed by atoms with Crippen molar-refractivity contribution in [3.8, 4) is 0 Å². The number of aryl methyl sites for hydroxylation is 1. The Hall–Kier alpha value is -2.07. The van der Waals surface area contributed by atoms with Crippen LogP contribution in [-0.2, 0) is 16.6 Å². The Morgan fingerprint density at radius 2 is 1.93 bits per heavy atom. The van der Waals surface area contributed by atoms with Crippen molar-refractivity contribution < 1.29 is 9.53 Å². The molecule has 1 aliphatic heterocycles. The zero-order valence-electron chi connectivity index (χ0n) is 17.6. The number of carbonyl (C=O) groups is 1. The van der Waals surface area contributed by atoms with Crippen molar-refractivity contribution in [2.24, 2.45) is 7.05 Å². The van der Waals surface area contributed by atoms with Crippen molar-refractivity contribution in [1.82, 2.24) is 9.47 Å². The predicted octanol–water partition coefficient (Wildman–Crippen LogP) is 5.06. The first-order valence-electron chi connectivity index (χ1n) is 10.7. The van der Waals surface area contributed by atoms with Crippen molar-refractivity contribution >= 4 is 16.8 Å². The van der Waals surface area contributed by atoms with E-state index in [1.54, 1.807) is 0 Å². The summed E-state index contributed by atoms with van der Waals surface area (Å²) in [7, 11) is 2.13. The molecule has 1 amide bonds. The molecule has 1 aliphatic carbocycles. The molecule has 0 radical (unpaired) electrons. The molecule has 4 nitrogen and oxygen atoms in total. The lowest BCUT2D eigenvalue weighted by Crippen LogP contribution is -2.32. The molecule has 2 aliphatic rings.